The number of nitrogens with one attached hydrogen (secondary N) is 1. The SMILES string of the molecule is CN=C(NCc1oc2ccc(F)cc2c1C)N1CCC(Cc2cnn(C)c2)C1. The summed E-state index contributed by atoms with van der Waals surface area (Å²) in [6, 6.07) is 4.63. The van der Waals surface area contributed by atoms with Crippen molar-refractivity contribution in [3.8, 4) is 0 Å². The standard InChI is InChI=1S/C21H26FN5O/c1-14-18-9-17(22)4-5-19(18)28-20(14)11-24-21(23-2)27-7-6-15(13-27)8-16-10-25-26(3)12-16/h4-5,9-10,12,15H,6-8,11,13H2,1-3H3,(H,23,24). The van der Waals surface area contributed by atoms with Gasteiger partial charge in [-0.2, -0.15) is 5.10 Å². The summed E-state index contributed by atoms with van der Waals surface area (Å²) in [7, 11) is 3.75. The number of aromatic nitrogens is 2. The van der Waals surface area contributed by atoms with Crippen molar-refractivity contribution in [1.82, 2.24) is 20.0 Å². The quantitative estimate of drug-likeness (QED) is 0.555. The van der Waals surface area contributed by atoms with Crippen LogP contribution in [0.2, 0.25) is 0 Å². The first-order valence-corrected chi connectivity index (χ1v) is 9.64. The highest BCUT2D eigenvalue weighted by Gasteiger charge is 2.25. The van der Waals surface area contributed by atoms with Crippen LogP contribution in [-0.2, 0) is 20.0 Å². The maximum atomic E-state index is 13.5. The Morgan fingerprint density at radius 2 is 2.29 bits per heavy atom. The van der Waals surface area contributed by atoms with E-state index in [1.165, 1.54) is 17.7 Å². The zero-order valence-electron chi connectivity index (χ0n) is 16.6. The predicted molar refractivity (Wildman–Crippen MR) is 108 cm³/mol. The summed E-state index contributed by atoms with van der Waals surface area (Å²) in [5.41, 5.74) is 2.96. The Hall–Kier alpha value is -2.83. The normalized spacial score (nSPS) is 17.6. The van der Waals surface area contributed by atoms with Gasteiger partial charge in [-0.05, 0) is 49.4 Å². The van der Waals surface area contributed by atoms with E-state index in [1.54, 1.807) is 13.1 Å². The fourth-order valence-electron chi connectivity index (χ4n) is 4.01. The Labute approximate surface area is 164 Å². The maximum Gasteiger partial charge on any atom is 0.194 e. The average Bonchev–Trinajstić information content (AvgIpc) is 3.38. The molecule has 0 aliphatic carbocycles. The number of hydrogen-bond acceptors (Lipinski definition) is 3. The van der Waals surface area contributed by atoms with Crippen LogP contribution in [0.3, 0.4) is 0 Å². The molecule has 2 aromatic heterocycles. The number of furan rings is 1. The highest BCUT2D eigenvalue weighted by atomic mass is 19.1. The average molecular weight is 383 g/mol. The van der Waals surface area contributed by atoms with Crippen molar-refractivity contribution in [1.29, 1.82) is 0 Å². The zero-order valence-corrected chi connectivity index (χ0v) is 16.6. The molecule has 1 unspecified atom stereocenters. The van der Waals surface area contributed by atoms with Crippen molar-refractivity contribution in [2.75, 3.05) is 20.1 Å². The fourth-order valence-corrected chi connectivity index (χ4v) is 4.01. The third kappa shape index (κ3) is 3.74. The lowest BCUT2D eigenvalue weighted by atomic mass is 10.0. The first kappa shape index (κ1) is 18.5. The molecular formula is C21H26FN5O. The van der Waals surface area contributed by atoms with Crippen LogP contribution >= 0.6 is 0 Å². The van der Waals surface area contributed by atoms with E-state index in [-0.39, 0.29) is 5.82 Å². The largest absolute Gasteiger partial charge is 0.459 e. The van der Waals surface area contributed by atoms with Gasteiger partial charge in [0.05, 0.1) is 12.7 Å². The number of rotatable bonds is 4. The molecule has 0 amide bonds. The molecule has 4 rings (SSSR count). The second-order valence-corrected chi connectivity index (χ2v) is 7.52. The summed E-state index contributed by atoms with van der Waals surface area (Å²) >= 11 is 0. The van der Waals surface area contributed by atoms with Crippen LogP contribution < -0.4 is 5.32 Å². The van der Waals surface area contributed by atoms with Gasteiger partial charge >= 0.3 is 0 Å². The van der Waals surface area contributed by atoms with Gasteiger partial charge in [-0.15, -0.1) is 0 Å². The Balaban J connectivity index is 1.38. The lowest BCUT2D eigenvalue weighted by molar-refractivity contribution is 0.452. The number of fused-ring (bicyclic) bond motifs is 1. The molecule has 6 nitrogen and oxygen atoms in total. The summed E-state index contributed by atoms with van der Waals surface area (Å²) in [5.74, 6) is 2.04. The molecule has 1 fully saturated rings. The molecular weight excluding hydrogens is 357 g/mol. The van der Waals surface area contributed by atoms with E-state index in [0.717, 1.165) is 48.6 Å². The van der Waals surface area contributed by atoms with E-state index in [9.17, 15) is 4.39 Å². The van der Waals surface area contributed by atoms with Crippen LogP contribution in [0.5, 0.6) is 0 Å². The first-order valence-electron chi connectivity index (χ1n) is 9.64. The Morgan fingerprint density at radius 1 is 1.43 bits per heavy atom. The molecule has 148 valence electrons. The lowest BCUT2D eigenvalue weighted by Crippen LogP contribution is -2.39. The molecule has 28 heavy (non-hydrogen) atoms. The highest BCUT2D eigenvalue weighted by molar-refractivity contribution is 5.83. The molecule has 0 radical (unpaired) electrons. The fraction of sp³-hybridized carbons (Fsp3) is 0.429. The molecule has 1 atom stereocenters. The molecule has 1 N–H and O–H groups in total. The minimum absolute atomic E-state index is 0.247. The Bertz CT molecular complexity index is 1010. The number of benzene rings is 1. The summed E-state index contributed by atoms with van der Waals surface area (Å²) < 4.78 is 21.3. The molecule has 0 spiro atoms. The van der Waals surface area contributed by atoms with Crippen LogP contribution in [0, 0.1) is 18.7 Å². The topological polar surface area (TPSA) is 58.6 Å². The van der Waals surface area contributed by atoms with Gasteiger partial charge in [-0.25, -0.2) is 4.39 Å². The molecule has 7 heteroatoms. The Morgan fingerprint density at radius 3 is 3.04 bits per heavy atom. The smallest absolute Gasteiger partial charge is 0.194 e. The Kier molecular flexibility index (Phi) is 5.07. The number of aliphatic imine (C=N–C) groups is 1. The van der Waals surface area contributed by atoms with Gasteiger partial charge in [0.1, 0.15) is 17.2 Å². The predicted octanol–water partition coefficient (Wildman–Crippen LogP) is 3.25. The third-order valence-corrected chi connectivity index (χ3v) is 5.48. The van der Waals surface area contributed by atoms with Crippen LogP contribution in [0.4, 0.5) is 4.39 Å². The van der Waals surface area contributed by atoms with E-state index in [1.807, 2.05) is 24.9 Å². The zero-order chi connectivity index (χ0) is 19.7. The van der Waals surface area contributed by atoms with Crippen LogP contribution in [0.25, 0.3) is 11.0 Å². The van der Waals surface area contributed by atoms with E-state index in [0.29, 0.717) is 18.0 Å². The van der Waals surface area contributed by atoms with E-state index in [2.05, 4.69) is 26.5 Å². The number of nitrogens with zero attached hydrogens (tertiary/aromatic N) is 4. The monoisotopic (exact) mass is 383 g/mol. The van der Waals surface area contributed by atoms with Gasteiger partial charge in [0, 0.05) is 44.3 Å². The van der Waals surface area contributed by atoms with Gasteiger partial charge in [0.15, 0.2) is 5.96 Å². The van der Waals surface area contributed by atoms with E-state index in [4.69, 9.17) is 4.42 Å². The summed E-state index contributed by atoms with van der Waals surface area (Å²) in [6.07, 6.45) is 6.21. The van der Waals surface area contributed by atoms with Crippen LogP contribution in [-0.4, -0.2) is 40.8 Å². The van der Waals surface area contributed by atoms with E-state index >= 15 is 0 Å². The first-order chi connectivity index (χ1) is 13.5. The summed E-state index contributed by atoms with van der Waals surface area (Å²) in [5, 5.41) is 8.48. The third-order valence-electron chi connectivity index (χ3n) is 5.48. The van der Waals surface area contributed by atoms with Crippen LogP contribution in [0.1, 0.15) is 23.3 Å². The number of hydrogen-bond donors (Lipinski definition) is 1. The molecule has 0 saturated carbocycles. The molecule has 1 aromatic carbocycles. The molecule has 3 heterocycles. The minimum Gasteiger partial charge on any atom is -0.459 e. The number of aryl methyl sites for hydroxylation is 2. The van der Waals surface area contributed by atoms with Gasteiger partial charge in [0.2, 0.25) is 0 Å². The summed E-state index contributed by atoms with van der Waals surface area (Å²) in [6.45, 7) is 4.44. The lowest BCUT2D eigenvalue weighted by Gasteiger charge is -2.21. The number of guanidine groups is 1. The summed E-state index contributed by atoms with van der Waals surface area (Å²) in [4.78, 5) is 6.73. The van der Waals surface area contributed by atoms with Gasteiger partial charge < -0.3 is 14.6 Å². The van der Waals surface area contributed by atoms with Crippen molar-refractivity contribution in [3.05, 3.63) is 53.3 Å². The molecule has 3 aromatic rings. The minimum atomic E-state index is -0.247. The van der Waals surface area contributed by atoms with Crippen molar-refractivity contribution in [3.63, 3.8) is 0 Å². The highest BCUT2D eigenvalue weighted by Crippen LogP contribution is 2.26. The number of halogens is 1. The number of likely N-dealkylation sites (tertiary alicyclic amines) is 1. The van der Waals surface area contributed by atoms with Gasteiger partial charge in [0.25, 0.3) is 0 Å². The molecule has 1 aliphatic heterocycles. The van der Waals surface area contributed by atoms with Crippen molar-refractivity contribution < 1.29 is 8.81 Å². The van der Waals surface area contributed by atoms with Gasteiger partial charge in [-0.1, -0.05) is 0 Å². The van der Waals surface area contributed by atoms with Crippen molar-refractivity contribution in [2.24, 2.45) is 18.0 Å². The van der Waals surface area contributed by atoms with Crippen molar-refractivity contribution in [2.45, 2.75) is 26.3 Å². The van der Waals surface area contributed by atoms with E-state index < -0.39 is 0 Å². The second-order valence-electron chi connectivity index (χ2n) is 7.52. The molecule has 1 saturated heterocycles. The van der Waals surface area contributed by atoms with Crippen LogP contribution in [0.15, 0.2) is 40.0 Å². The second kappa shape index (κ2) is 7.66. The van der Waals surface area contributed by atoms with Gasteiger partial charge in [-0.3, -0.25) is 9.67 Å². The molecule has 1 aliphatic rings. The maximum absolute atomic E-state index is 13.5. The molecule has 0 bridgehead atoms. The van der Waals surface area contributed by atoms with Crippen molar-refractivity contribution >= 4 is 16.9 Å².